The maximum atomic E-state index is 12.7. The van der Waals surface area contributed by atoms with E-state index in [2.05, 4.69) is 4.98 Å². The molecule has 0 fully saturated rings. The zero-order valence-electron chi connectivity index (χ0n) is 15.6. The lowest BCUT2D eigenvalue weighted by atomic mass is 10.1. The standard InChI is InChI=1S/C22H21NO4/c1-4-26-17-11-9-16(10-12-17)21(24)15(3)27-22(25)19-13-14(2)23-20-8-6-5-7-18(19)20/h5-13,15H,4H2,1-3H3/t15-/m0/s1. The normalized spacial score (nSPS) is 11.8. The van der Waals surface area contributed by atoms with Crippen molar-refractivity contribution >= 4 is 22.7 Å². The lowest BCUT2D eigenvalue weighted by Crippen LogP contribution is -2.24. The minimum atomic E-state index is -0.900. The first-order valence-electron chi connectivity index (χ1n) is 8.84. The van der Waals surface area contributed by atoms with Crippen molar-refractivity contribution in [1.82, 2.24) is 4.98 Å². The third kappa shape index (κ3) is 4.14. The van der Waals surface area contributed by atoms with Crippen molar-refractivity contribution in [2.45, 2.75) is 26.9 Å². The summed E-state index contributed by atoms with van der Waals surface area (Å²) >= 11 is 0. The zero-order chi connectivity index (χ0) is 19.4. The quantitative estimate of drug-likeness (QED) is 0.481. The highest BCUT2D eigenvalue weighted by molar-refractivity contribution is 6.06. The summed E-state index contributed by atoms with van der Waals surface area (Å²) in [7, 11) is 0. The number of hydrogen-bond acceptors (Lipinski definition) is 5. The van der Waals surface area contributed by atoms with Gasteiger partial charge < -0.3 is 9.47 Å². The third-order valence-corrected chi connectivity index (χ3v) is 4.17. The fourth-order valence-corrected chi connectivity index (χ4v) is 2.87. The van der Waals surface area contributed by atoms with Gasteiger partial charge in [0.05, 0.1) is 17.7 Å². The number of fused-ring (bicyclic) bond motifs is 1. The molecular formula is C22H21NO4. The van der Waals surface area contributed by atoms with Crippen molar-refractivity contribution in [2.75, 3.05) is 6.61 Å². The van der Waals surface area contributed by atoms with E-state index >= 15 is 0 Å². The van der Waals surface area contributed by atoms with Crippen LogP contribution in [0.3, 0.4) is 0 Å². The fourth-order valence-electron chi connectivity index (χ4n) is 2.87. The van der Waals surface area contributed by atoms with Crippen molar-refractivity contribution in [3.05, 3.63) is 71.4 Å². The molecule has 27 heavy (non-hydrogen) atoms. The summed E-state index contributed by atoms with van der Waals surface area (Å²) in [5, 5.41) is 0.703. The number of esters is 1. The van der Waals surface area contributed by atoms with Crippen LogP contribution in [0.4, 0.5) is 0 Å². The predicted molar refractivity (Wildman–Crippen MR) is 103 cm³/mol. The number of Topliss-reactive ketones (excluding diaryl/α,β-unsaturated/α-hetero) is 1. The van der Waals surface area contributed by atoms with E-state index in [1.807, 2.05) is 38.1 Å². The number of rotatable bonds is 6. The highest BCUT2D eigenvalue weighted by atomic mass is 16.5. The number of benzene rings is 2. The van der Waals surface area contributed by atoms with Crippen molar-refractivity contribution in [3.63, 3.8) is 0 Å². The molecule has 3 aromatic rings. The van der Waals surface area contributed by atoms with Gasteiger partial charge in [0.2, 0.25) is 5.78 Å². The van der Waals surface area contributed by atoms with Crippen molar-refractivity contribution in [2.24, 2.45) is 0 Å². The Balaban J connectivity index is 1.78. The summed E-state index contributed by atoms with van der Waals surface area (Å²) in [6.45, 7) is 5.84. The molecule has 0 unspecified atom stereocenters. The van der Waals surface area contributed by atoms with Gasteiger partial charge in [0.15, 0.2) is 6.10 Å². The number of pyridine rings is 1. The summed E-state index contributed by atoms with van der Waals surface area (Å²) in [5.74, 6) is -0.109. The Bertz CT molecular complexity index is 979. The number of aromatic nitrogens is 1. The maximum Gasteiger partial charge on any atom is 0.339 e. The first-order valence-corrected chi connectivity index (χ1v) is 8.84. The van der Waals surface area contributed by atoms with Crippen molar-refractivity contribution in [1.29, 1.82) is 0 Å². The molecule has 0 spiro atoms. The van der Waals surface area contributed by atoms with Crippen LogP contribution in [0.25, 0.3) is 10.9 Å². The van der Waals surface area contributed by atoms with E-state index in [9.17, 15) is 9.59 Å². The smallest absolute Gasteiger partial charge is 0.339 e. The first-order chi connectivity index (χ1) is 13.0. The molecule has 0 saturated carbocycles. The topological polar surface area (TPSA) is 65.5 Å². The molecule has 0 amide bonds. The number of ether oxygens (including phenoxy) is 2. The summed E-state index contributed by atoms with van der Waals surface area (Å²) < 4.78 is 10.8. The molecule has 0 aliphatic heterocycles. The summed E-state index contributed by atoms with van der Waals surface area (Å²) in [5.41, 5.74) is 2.31. The molecule has 0 saturated heterocycles. The van der Waals surface area contributed by atoms with Gasteiger partial charge in [-0.2, -0.15) is 0 Å². The molecule has 0 bridgehead atoms. The van der Waals surface area contributed by atoms with Gasteiger partial charge >= 0.3 is 5.97 Å². The Morgan fingerprint density at radius 3 is 2.48 bits per heavy atom. The molecule has 5 nitrogen and oxygen atoms in total. The molecule has 1 heterocycles. The summed E-state index contributed by atoms with van der Waals surface area (Å²) in [4.78, 5) is 29.7. The molecule has 1 aromatic heterocycles. The van der Waals surface area contributed by atoms with Crippen LogP contribution in [0.15, 0.2) is 54.6 Å². The van der Waals surface area contributed by atoms with Gasteiger partial charge in [-0.1, -0.05) is 18.2 Å². The Labute approximate surface area is 157 Å². The molecule has 2 aromatic carbocycles. The van der Waals surface area contributed by atoms with E-state index in [0.29, 0.717) is 34.6 Å². The second kappa shape index (κ2) is 7.99. The Kier molecular flexibility index (Phi) is 5.50. The minimum absolute atomic E-state index is 0.263. The molecule has 0 aliphatic rings. The number of hydrogen-bond donors (Lipinski definition) is 0. The second-order valence-corrected chi connectivity index (χ2v) is 6.20. The van der Waals surface area contributed by atoms with Crippen molar-refractivity contribution in [3.8, 4) is 5.75 Å². The van der Waals surface area contributed by atoms with Crippen LogP contribution >= 0.6 is 0 Å². The number of carbonyl (C=O) groups is 2. The average Bonchev–Trinajstić information content (AvgIpc) is 2.67. The predicted octanol–water partition coefficient (Wildman–Crippen LogP) is 4.37. The number of carbonyl (C=O) groups excluding carboxylic acids is 2. The molecular weight excluding hydrogens is 342 g/mol. The highest BCUT2D eigenvalue weighted by Gasteiger charge is 2.22. The van der Waals surface area contributed by atoms with E-state index in [0.717, 1.165) is 5.52 Å². The summed E-state index contributed by atoms with van der Waals surface area (Å²) in [6.07, 6.45) is -0.900. The van der Waals surface area contributed by atoms with Gasteiger partial charge in [0.25, 0.3) is 0 Å². The van der Waals surface area contributed by atoms with Gasteiger partial charge in [-0.05, 0) is 57.2 Å². The minimum Gasteiger partial charge on any atom is -0.494 e. The number of nitrogens with zero attached hydrogens (tertiary/aromatic N) is 1. The van der Waals surface area contributed by atoms with Gasteiger partial charge in [0, 0.05) is 16.6 Å². The molecule has 0 radical (unpaired) electrons. The van der Waals surface area contributed by atoms with Crippen LogP contribution in [0.1, 0.15) is 40.3 Å². The summed E-state index contributed by atoms with van der Waals surface area (Å²) in [6, 6.07) is 15.8. The SMILES string of the molecule is CCOc1ccc(C(=O)[C@H](C)OC(=O)c2cc(C)nc3ccccc23)cc1. The van der Waals surface area contributed by atoms with E-state index in [1.54, 1.807) is 37.3 Å². The average molecular weight is 363 g/mol. The van der Waals surface area contributed by atoms with Crippen LogP contribution in [-0.2, 0) is 4.74 Å². The fraction of sp³-hybridized carbons (Fsp3) is 0.227. The van der Waals surface area contributed by atoms with Gasteiger partial charge in [-0.3, -0.25) is 9.78 Å². The lowest BCUT2D eigenvalue weighted by molar-refractivity contribution is 0.0320. The van der Waals surface area contributed by atoms with E-state index < -0.39 is 12.1 Å². The van der Waals surface area contributed by atoms with Crippen molar-refractivity contribution < 1.29 is 19.1 Å². The lowest BCUT2D eigenvalue weighted by Gasteiger charge is -2.14. The van der Waals surface area contributed by atoms with Crippen LogP contribution in [-0.4, -0.2) is 29.4 Å². The Morgan fingerprint density at radius 1 is 1.07 bits per heavy atom. The molecule has 3 rings (SSSR count). The first kappa shape index (κ1) is 18.6. The van der Waals surface area contributed by atoms with Crippen LogP contribution < -0.4 is 4.74 Å². The zero-order valence-corrected chi connectivity index (χ0v) is 15.6. The molecule has 0 aliphatic carbocycles. The van der Waals surface area contributed by atoms with E-state index in [1.165, 1.54) is 0 Å². The number of para-hydroxylation sites is 1. The van der Waals surface area contributed by atoms with E-state index in [-0.39, 0.29) is 5.78 Å². The number of aryl methyl sites for hydroxylation is 1. The second-order valence-electron chi connectivity index (χ2n) is 6.20. The molecule has 138 valence electrons. The largest absolute Gasteiger partial charge is 0.494 e. The van der Waals surface area contributed by atoms with Crippen LogP contribution in [0.2, 0.25) is 0 Å². The molecule has 1 atom stereocenters. The Morgan fingerprint density at radius 2 is 1.78 bits per heavy atom. The van der Waals surface area contributed by atoms with Crippen LogP contribution in [0, 0.1) is 6.92 Å². The Hall–Kier alpha value is -3.21. The highest BCUT2D eigenvalue weighted by Crippen LogP contribution is 2.20. The monoisotopic (exact) mass is 363 g/mol. The maximum absolute atomic E-state index is 12.7. The number of ketones is 1. The molecule has 5 heteroatoms. The van der Waals surface area contributed by atoms with Gasteiger partial charge in [-0.25, -0.2) is 4.79 Å². The van der Waals surface area contributed by atoms with Gasteiger partial charge in [-0.15, -0.1) is 0 Å². The molecule has 0 N–H and O–H groups in total. The van der Waals surface area contributed by atoms with E-state index in [4.69, 9.17) is 9.47 Å². The third-order valence-electron chi connectivity index (χ3n) is 4.17. The van der Waals surface area contributed by atoms with Gasteiger partial charge in [0.1, 0.15) is 5.75 Å². The van der Waals surface area contributed by atoms with Crippen LogP contribution in [0.5, 0.6) is 5.75 Å².